The minimum atomic E-state index is -0.140. The number of hydrogen-bond donors (Lipinski definition) is 1. The fraction of sp³-hybridized carbons (Fsp3) is 0.714. The highest BCUT2D eigenvalue weighted by atomic mass is 35.5. The van der Waals surface area contributed by atoms with Gasteiger partial charge in [-0.05, 0) is 20.3 Å². The van der Waals surface area contributed by atoms with Crippen molar-refractivity contribution in [1.29, 1.82) is 0 Å². The van der Waals surface area contributed by atoms with Crippen LogP contribution in [0.2, 0.25) is 5.15 Å². The predicted molar refractivity (Wildman–Crippen MR) is 79.9 cm³/mol. The number of nitrogens with zero attached hydrogens (tertiary/aromatic N) is 3. The van der Waals surface area contributed by atoms with Crippen LogP contribution in [-0.4, -0.2) is 34.3 Å². The summed E-state index contributed by atoms with van der Waals surface area (Å²) in [5.74, 6) is 1.57. The lowest BCUT2D eigenvalue weighted by molar-refractivity contribution is 0.288. The van der Waals surface area contributed by atoms with E-state index in [2.05, 4.69) is 49.5 Å². The molecule has 5 heteroatoms. The molecule has 1 N–H and O–H groups in total. The van der Waals surface area contributed by atoms with E-state index in [-0.39, 0.29) is 12.0 Å². The number of aliphatic hydroxyl groups excluding tert-OH is 1. The molecule has 0 fully saturated rings. The number of halogens is 1. The van der Waals surface area contributed by atoms with Gasteiger partial charge >= 0.3 is 0 Å². The smallest absolute Gasteiger partial charge is 0.137 e. The zero-order valence-corrected chi connectivity index (χ0v) is 13.2. The molecule has 108 valence electrons. The first-order chi connectivity index (χ1) is 8.75. The summed E-state index contributed by atoms with van der Waals surface area (Å²) in [5, 5.41) is 9.46. The Morgan fingerprint density at radius 2 is 1.95 bits per heavy atom. The van der Waals surface area contributed by atoms with Gasteiger partial charge in [0.1, 0.15) is 16.8 Å². The average Bonchev–Trinajstić information content (AvgIpc) is 2.27. The van der Waals surface area contributed by atoms with Gasteiger partial charge in [-0.1, -0.05) is 32.4 Å². The highest BCUT2D eigenvalue weighted by Gasteiger charge is 2.21. The van der Waals surface area contributed by atoms with E-state index in [0.717, 1.165) is 18.2 Å². The molecule has 19 heavy (non-hydrogen) atoms. The van der Waals surface area contributed by atoms with Crippen LogP contribution in [0.3, 0.4) is 0 Å². The van der Waals surface area contributed by atoms with E-state index in [1.807, 2.05) is 0 Å². The molecule has 0 amide bonds. The third-order valence-electron chi connectivity index (χ3n) is 2.83. The van der Waals surface area contributed by atoms with Crippen LogP contribution in [0.15, 0.2) is 6.07 Å². The molecule has 1 aromatic heterocycles. The van der Waals surface area contributed by atoms with Gasteiger partial charge in [0.25, 0.3) is 0 Å². The van der Waals surface area contributed by atoms with E-state index in [1.54, 1.807) is 6.07 Å². The Kier molecular flexibility index (Phi) is 5.56. The van der Waals surface area contributed by atoms with Crippen molar-refractivity contribution in [2.45, 2.75) is 52.5 Å². The average molecular weight is 286 g/mol. The lowest BCUT2D eigenvalue weighted by atomic mass is 9.96. The number of aliphatic hydroxyl groups is 1. The summed E-state index contributed by atoms with van der Waals surface area (Å²) in [7, 11) is 0. The molecule has 0 aliphatic rings. The van der Waals surface area contributed by atoms with Crippen molar-refractivity contribution in [3.8, 4) is 0 Å². The van der Waals surface area contributed by atoms with E-state index >= 15 is 0 Å². The van der Waals surface area contributed by atoms with Gasteiger partial charge in [-0.3, -0.25) is 0 Å². The van der Waals surface area contributed by atoms with Crippen LogP contribution < -0.4 is 4.90 Å². The lowest BCUT2D eigenvalue weighted by Crippen LogP contribution is -2.33. The molecule has 0 aliphatic carbocycles. The molecule has 0 bridgehead atoms. The largest absolute Gasteiger partial charge is 0.396 e. The molecule has 0 unspecified atom stereocenters. The van der Waals surface area contributed by atoms with E-state index in [4.69, 9.17) is 16.7 Å². The second-order valence-corrected chi connectivity index (χ2v) is 6.37. The van der Waals surface area contributed by atoms with Crippen molar-refractivity contribution in [3.05, 3.63) is 17.0 Å². The molecular formula is C14H24ClN3O. The zero-order valence-electron chi connectivity index (χ0n) is 12.4. The van der Waals surface area contributed by atoms with Crippen LogP contribution in [0, 0.1) is 0 Å². The number of aromatic nitrogens is 2. The fourth-order valence-electron chi connectivity index (χ4n) is 1.77. The number of rotatable bonds is 5. The molecule has 0 aromatic carbocycles. The van der Waals surface area contributed by atoms with Crippen molar-refractivity contribution in [2.24, 2.45) is 0 Å². The summed E-state index contributed by atoms with van der Waals surface area (Å²) in [4.78, 5) is 11.1. The van der Waals surface area contributed by atoms with Crippen LogP contribution in [0.5, 0.6) is 0 Å². The molecular weight excluding hydrogens is 262 g/mol. The van der Waals surface area contributed by atoms with Gasteiger partial charge in [0.05, 0.1) is 0 Å². The van der Waals surface area contributed by atoms with E-state index < -0.39 is 0 Å². The molecule has 1 rings (SSSR count). The fourth-order valence-corrected chi connectivity index (χ4v) is 1.94. The highest BCUT2D eigenvalue weighted by Crippen LogP contribution is 2.25. The SMILES string of the molecule is CC(C)N(CCCO)c1cc(Cl)nc(C(C)(C)C)n1. The summed E-state index contributed by atoms with van der Waals surface area (Å²) in [6, 6.07) is 2.08. The molecule has 4 nitrogen and oxygen atoms in total. The van der Waals surface area contributed by atoms with Gasteiger partial charge in [-0.15, -0.1) is 0 Å². The van der Waals surface area contributed by atoms with Crippen molar-refractivity contribution in [3.63, 3.8) is 0 Å². The summed E-state index contributed by atoms with van der Waals surface area (Å²) >= 11 is 6.11. The van der Waals surface area contributed by atoms with E-state index in [9.17, 15) is 0 Å². The molecule has 0 aliphatic heterocycles. The summed E-state index contributed by atoms with van der Waals surface area (Å²) < 4.78 is 0. The van der Waals surface area contributed by atoms with Crippen LogP contribution in [0.25, 0.3) is 0 Å². The summed E-state index contributed by atoms with van der Waals surface area (Å²) in [5.41, 5.74) is -0.140. The lowest BCUT2D eigenvalue weighted by Gasteiger charge is -2.29. The molecule has 0 spiro atoms. The molecule has 0 saturated heterocycles. The Morgan fingerprint density at radius 1 is 1.32 bits per heavy atom. The third-order valence-corrected chi connectivity index (χ3v) is 3.02. The first-order valence-electron chi connectivity index (χ1n) is 6.68. The van der Waals surface area contributed by atoms with Gasteiger partial charge in [0.2, 0.25) is 0 Å². The Hall–Kier alpha value is -0.870. The molecule has 0 atom stereocenters. The second kappa shape index (κ2) is 6.53. The Morgan fingerprint density at radius 3 is 2.42 bits per heavy atom. The van der Waals surface area contributed by atoms with Gasteiger partial charge in [-0.25, -0.2) is 9.97 Å². The maximum atomic E-state index is 9.00. The zero-order chi connectivity index (χ0) is 14.6. The highest BCUT2D eigenvalue weighted by molar-refractivity contribution is 6.29. The van der Waals surface area contributed by atoms with Crippen molar-refractivity contribution >= 4 is 17.4 Å². The summed E-state index contributed by atoms with van der Waals surface area (Å²) in [6.45, 7) is 11.3. The third kappa shape index (κ3) is 4.62. The standard InChI is InChI=1S/C14H24ClN3O/c1-10(2)18(7-6-8-19)12-9-11(15)16-13(17-12)14(3,4)5/h9-10,19H,6-8H2,1-5H3. The second-order valence-electron chi connectivity index (χ2n) is 5.99. The van der Waals surface area contributed by atoms with Gasteiger partial charge in [-0.2, -0.15) is 0 Å². The van der Waals surface area contributed by atoms with Crippen LogP contribution >= 0.6 is 11.6 Å². The number of anilines is 1. The van der Waals surface area contributed by atoms with E-state index in [1.165, 1.54) is 0 Å². The van der Waals surface area contributed by atoms with Crippen LogP contribution in [0.4, 0.5) is 5.82 Å². The minimum absolute atomic E-state index is 0.140. The molecule has 1 heterocycles. The quantitative estimate of drug-likeness (QED) is 0.845. The van der Waals surface area contributed by atoms with Crippen molar-refractivity contribution in [1.82, 2.24) is 9.97 Å². The molecule has 0 saturated carbocycles. The van der Waals surface area contributed by atoms with Crippen molar-refractivity contribution < 1.29 is 5.11 Å². The van der Waals surface area contributed by atoms with Crippen LogP contribution in [-0.2, 0) is 5.41 Å². The molecule has 0 radical (unpaired) electrons. The van der Waals surface area contributed by atoms with E-state index in [0.29, 0.717) is 17.6 Å². The van der Waals surface area contributed by atoms with Gasteiger partial charge in [0, 0.05) is 30.7 Å². The Balaban J connectivity index is 3.12. The first kappa shape index (κ1) is 16.2. The Labute approximate surface area is 120 Å². The Bertz CT molecular complexity index is 416. The number of hydrogen-bond acceptors (Lipinski definition) is 4. The predicted octanol–water partition coefficient (Wildman–Crippen LogP) is 3.02. The summed E-state index contributed by atoms with van der Waals surface area (Å²) in [6.07, 6.45) is 0.713. The van der Waals surface area contributed by atoms with Crippen molar-refractivity contribution in [2.75, 3.05) is 18.1 Å². The van der Waals surface area contributed by atoms with Crippen LogP contribution in [0.1, 0.15) is 46.9 Å². The molecule has 1 aromatic rings. The van der Waals surface area contributed by atoms with Gasteiger partial charge in [0.15, 0.2) is 0 Å². The first-order valence-corrected chi connectivity index (χ1v) is 7.06. The maximum Gasteiger partial charge on any atom is 0.137 e. The normalized spacial score (nSPS) is 12.0. The minimum Gasteiger partial charge on any atom is -0.396 e. The monoisotopic (exact) mass is 285 g/mol. The maximum absolute atomic E-state index is 9.00. The topological polar surface area (TPSA) is 49.2 Å². The van der Waals surface area contributed by atoms with Gasteiger partial charge < -0.3 is 10.0 Å².